The van der Waals surface area contributed by atoms with Crippen LogP contribution in [0.4, 0.5) is 0 Å². The van der Waals surface area contributed by atoms with Crippen molar-refractivity contribution in [3.63, 3.8) is 0 Å². The Morgan fingerprint density at radius 2 is 2.00 bits per heavy atom. The minimum Gasteiger partial charge on any atom is -0.458 e. The van der Waals surface area contributed by atoms with Crippen LogP contribution in [-0.4, -0.2) is 29.1 Å². The van der Waals surface area contributed by atoms with Gasteiger partial charge in [-0.1, -0.05) is 20.8 Å². The standard InChI is InChI=1S/C14H18O4/c1-7-4-8-5-13(2,3)12(16)14(8,17)10-9(7)6-18-11(10)15/h7-8,17H,4-6H2,1-3H3. The molecule has 98 valence electrons. The number of hydrogen-bond acceptors (Lipinski definition) is 4. The maximum absolute atomic E-state index is 12.5. The third-order valence-electron chi connectivity index (χ3n) is 4.81. The van der Waals surface area contributed by atoms with E-state index in [1.165, 1.54) is 0 Å². The number of carbonyl (C=O) groups excluding carboxylic acids is 2. The maximum Gasteiger partial charge on any atom is 0.337 e. The molecule has 1 N–H and O–H groups in total. The van der Waals surface area contributed by atoms with E-state index in [9.17, 15) is 14.7 Å². The Labute approximate surface area is 106 Å². The highest BCUT2D eigenvalue weighted by Crippen LogP contribution is 2.55. The molecule has 3 atom stereocenters. The van der Waals surface area contributed by atoms with Gasteiger partial charge in [-0.2, -0.15) is 0 Å². The van der Waals surface area contributed by atoms with Gasteiger partial charge in [0.15, 0.2) is 11.4 Å². The molecule has 0 spiro atoms. The van der Waals surface area contributed by atoms with Crippen LogP contribution in [0, 0.1) is 17.3 Å². The number of ketones is 1. The second kappa shape index (κ2) is 3.23. The van der Waals surface area contributed by atoms with Crippen LogP contribution in [0.15, 0.2) is 11.1 Å². The summed E-state index contributed by atoms with van der Waals surface area (Å²) in [6, 6.07) is 0. The number of rotatable bonds is 0. The van der Waals surface area contributed by atoms with Crippen LogP contribution < -0.4 is 0 Å². The van der Waals surface area contributed by atoms with Crippen LogP contribution in [0.5, 0.6) is 0 Å². The number of cyclic esters (lactones) is 1. The second-order valence-corrected chi connectivity index (χ2v) is 6.49. The highest BCUT2D eigenvalue weighted by atomic mass is 16.5. The average Bonchev–Trinajstić information content (AvgIpc) is 2.73. The van der Waals surface area contributed by atoms with E-state index in [2.05, 4.69) is 0 Å². The molecular formula is C14H18O4. The van der Waals surface area contributed by atoms with E-state index in [0.29, 0.717) is 6.42 Å². The van der Waals surface area contributed by atoms with E-state index in [1.807, 2.05) is 20.8 Å². The van der Waals surface area contributed by atoms with E-state index in [4.69, 9.17) is 4.74 Å². The fourth-order valence-corrected chi connectivity index (χ4v) is 3.91. The summed E-state index contributed by atoms with van der Waals surface area (Å²) in [6.45, 7) is 5.96. The topological polar surface area (TPSA) is 63.6 Å². The predicted octanol–water partition coefficient (Wildman–Crippen LogP) is 1.23. The number of aliphatic hydroxyl groups is 1. The molecule has 1 fully saturated rings. The number of hydrogen-bond donors (Lipinski definition) is 1. The van der Waals surface area contributed by atoms with E-state index >= 15 is 0 Å². The van der Waals surface area contributed by atoms with Gasteiger partial charge >= 0.3 is 5.97 Å². The average molecular weight is 250 g/mol. The van der Waals surface area contributed by atoms with Crippen molar-refractivity contribution in [3.05, 3.63) is 11.1 Å². The molecule has 0 aromatic heterocycles. The zero-order valence-corrected chi connectivity index (χ0v) is 10.9. The predicted molar refractivity (Wildman–Crippen MR) is 63.6 cm³/mol. The second-order valence-electron chi connectivity index (χ2n) is 6.49. The van der Waals surface area contributed by atoms with Crippen LogP contribution in [-0.2, 0) is 14.3 Å². The lowest BCUT2D eigenvalue weighted by Gasteiger charge is -2.35. The van der Waals surface area contributed by atoms with Crippen molar-refractivity contribution >= 4 is 11.8 Å². The molecule has 0 radical (unpaired) electrons. The summed E-state index contributed by atoms with van der Waals surface area (Å²) in [7, 11) is 0. The van der Waals surface area contributed by atoms with E-state index in [-0.39, 0.29) is 29.8 Å². The van der Waals surface area contributed by atoms with E-state index in [1.54, 1.807) is 0 Å². The molecule has 3 unspecified atom stereocenters. The number of Topliss-reactive ketones (excluding diaryl/α,β-unsaturated/α-hetero) is 1. The minimum absolute atomic E-state index is 0.153. The molecule has 4 heteroatoms. The van der Waals surface area contributed by atoms with Crippen molar-refractivity contribution in [2.75, 3.05) is 6.61 Å². The Morgan fingerprint density at radius 1 is 1.33 bits per heavy atom. The van der Waals surface area contributed by atoms with Gasteiger partial charge < -0.3 is 9.84 Å². The van der Waals surface area contributed by atoms with Crippen LogP contribution in [0.1, 0.15) is 33.6 Å². The molecule has 1 saturated carbocycles. The lowest BCUT2D eigenvalue weighted by Crippen LogP contribution is -2.49. The number of ether oxygens (including phenoxy) is 1. The first-order valence-electron chi connectivity index (χ1n) is 6.46. The van der Waals surface area contributed by atoms with Crippen molar-refractivity contribution in [3.8, 4) is 0 Å². The van der Waals surface area contributed by atoms with Gasteiger partial charge in [-0.25, -0.2) is 4.79 Å². The molecule has 3 rings (SSSR count). The Bertz CT molecular complexity index is 488. The highest BCUT2D eigenvalue weighted by Gasteiger charge is 2.64. The van der Waals surface area contributed by atoms with Crippen molar-refractivity contribution in [1.82, 2.24) is 0 Å². The number of carbonyl (C=O) groups is 2. The van der Waals surface area contributed by atoms with Gasteiger partial charge in [-0.15, -0.1) is 0 Å². The van der Waals surface area contributed by atoms with Gasteiger partial charge in [0, 0.05) is 11.3 Å². The molecule has 0 aromatic carbocycles. The Balaban J connectivity index is 2.19. The first kappa shape index (κ1) is 11.9. The lowest BCUT2D eigenvalue weighted by atomic mass is 9.69. The van der Waals surface area contributed by atoms with Crippen molar-refractivity contribution in [2.45, 2.75) is 39.2 Å². The fourth-order valence-electron chi connectivity index (χ4n) is 3.91. The van der Waals surface area contributed by atoms with Gasteiger partial charge in [-0.3, -0.25) is 4.79 Å². The largest absolute Gasteiger partial charge is 0.458 e. The Kier molecular flexibility index (Phi) is 2.14. The summed E-state index contributed by atoms with van der Waals surface area (Å²) in [4.78, 5) is 24.4. The molecule has 0 amide bonds. The molecule has 1 heterocycles. The fraction of sp³-hybridized carbons (Fsp3) is 0.714. The molecule has 1 aliphatic heterocycles. The third kappa shape index (κ3) is 1.19. The molecular weight excluding hydrogens is 232 g/mol. The zero-order chi connectivity index (χ0) is 13.3. The maximum atomic E-state index is 12.5. The van der Waals surface area contributed by atoms with E-state index in [0.717, 1.165) is 12.0 Å². The van der Waals surface area contributed by atoms with Crippen LogP contribution >= 0.6 is 0 Å². The van der Waals surface area contributed by atoms with Gasteiger partial charge in [0.05, 0.1) is 5.57 Å². The SMILES string of the molecule is CC1CC2CC(C)(C)C(=O)C2(O)C2=C1COC2=O. The van der Waals surface area contributed by atoms with Gasteiger partial charge in [0.1, 0.15) is 6.61 Å². The van der Waals surface area contributed by atoms with Crippen LogP contribution in [0.3, 0.4) is 0 Å². The Hall–Kier alpha value is -1.16. The van der Waals surface area contributed by atoms with Crippen molar-refractivity contribution < 1.29 is 19.4 Å². The first-order chi connectivity index (χ1) is 8.28. The minimum atomic E-state index is -1.60. The molecule has 2 aliphatic carbocycles. The molecule has 0 bridgehead atoms. The Morgan fingerprint density at radius 3 is 2.67 bits per heavy atom. The normalized spacial score (nSPS) is 41.8. The molecule has 0 aromatic rings. The molecule has 4 nitrogen and oxygen atoms in total. The van der Waals surface area contributed by atoms with E-state index < -0.39 is 17.0 Å². The van der Waals surface area contributed by atoms with Crippen LogP contribution in [0.2, 0.25) is 0 Å². The van der Waals surface area contributed by atoms with Gasteiger partial charge in [-0.05, 0) is 24.3 Å². The van der Waals surface area contributed by atoms with Crippen molar-refractivity contribution in [1.29, 1.82) is 0 Å². The first-order valence-corrected chi connectivity index (χ1v) is 6.46. The summed E-state index contributed by atoms with van der Waals surface area (Å²) >= 11 is 0. The summed E-state index contributed by atoms with van der Waals surface area (Å²) in [5.74, 6) is -0.675. The summed E-state index contributed by atoms with van der Waals surface area (Å²) in [6.07, 6.45) is 1.39. The molecule has 0 saturated heterocycles. The monoisotopic (exact) mass is 250 g/mol. The lowest BCUT2D eigenvalue weighted by molar-refractivity contribution is -0.146. The molecule has 18 heavy (non-hydrogen) atoms. The quantitative estimate of drug-likeness (QED) is 0.657. The summed E-state index contributed by atoms with van der Waals surface area (Å²) in [5, 5.41) is 10.9. The molecule has 3 aliphatic rings. The van der Waals surface area contributed by atoms with Gasteiger partial charge in [0.2, 0.25) is 0 Å². The third-order valence-corrected chi connectivity index (χ3v) is 4.81. The summed E-state index contributed by atoms with van der Waals surface area (Å²) in [5.41, 5.74) is -1.09. The smallest absolute Gasteiger partial charge is 0.337 e. The number of esters is 1. The van der Waals surface area contributed by atoms with Crippen LogP contribution in [0.25, 0.3) is 0 Å². The summed E-state index contributed by atoms with van der Waals surface area (Å²) < 4.78 is 5.03. The van der Waals surface area contributed by atoms with Crippen molar-refractivity contribution in [2.24, 2.45) is 17.3 Å². The zero-order valence-electron chi connectivity index (χ0n) is 10.9. The number of fused-ring (bicyclic) bond motifs is 2. The van der Waals surface area contributed by atoms with Gasteiger partial charge in [0.25, 0.3) is 0 Å². The highest BCUT2D eigenvalue weighted by molar-refractivity contribution is 6.08.